The van der Waals surface area contributed by atoms with Crippen molar-refractivity contribution in [1.82, 2.24) is 0 Å². The summed E-state index contributed by atoms with van der Waals surface area (Å²) in [6, 6.07) is 10.0. The first-order valence-electron chi connectivity index (χ1n) is 5.00. The van der Waals surface area contributed by atoms with E-state index < -0.39 is 0 Å². The van der Waals surface area contributed by atoms with Crippen LogP contribution in [-0.4, -0.2) is 12.6 Å². The molecule has 85 valence electrons. The first kappa shape index (κ1) is 14.2. The van der Waals surface area contributed by atoms with Gasteiger partial charge < -0.3 is 4.74 Å². The van der Waals surface area contributed by atoms with E-state index in [0.717, 1.165) is 6.08 Å². The smallest absolute Gasteiger partial charge is 0.330 e. The van der Waals surface area contributed by atoms with Gasteiger partial charge in [-0.05, 0) is 18.9 Å². The van der Waals surface area contributed by atoms with Gasteiger partial charge in [0.05, 0.1) is 6.61 Å². The Morgan fingerprint density at radius 1 is 1.25 bits per heavy atom. The summed E-state index contributed by atoms with van der Waals surface area (Å²) in [5.74, 6) is -0.381. The first-order valence-corrected chi connectivity index (χ1v) is 5.00. The summed E-state index contributed by atoms with van der Waals surface area (Å²) >= 11 is 0. The highest BCUT2D eigenvalue weighted by Gasteiger charge is 1.89. The summed E-state index contributed by atoms with van der Waals surface area (Å²) in [6.45, 7) is 10.7. The van der Waals surface area contributed by atoms with E-state index in [4.69, 9.17) is 0 Å². The Morgan fingerprint density at radius 2 is 1.88 bits per heavy atom. The number of benzene rings is 1. The molecule has 2 heteroatoms. The van der Waals surface area contributed by atoms with Gasteiger partial charge >= 0.3 is 5.97 Å². The van der Waals surface area contributed by atoms with Crippen LogP contribution in [0.4, 0.5) is 0 Å². The third-order valence-corrected chi connectivity index (χ3v) is 1.59. The van der Waals surface area contributed by atoms with E-state index >= 15 is 0 Å². The summed E-state index contributed by atoms with van der Waals surface area (Å²) in [6.07, 6.45) is 3.58. The van der Waals surface area contributed by atoms with Crippen LogP contribution in [0.3, 0.4) is 0 Å². The molecule has 0 fully saturated rings. The lowest BCUT2D eigenvalue weighted by molar-refractivity contribution is -0.137. The Hall–Kier alpha value is -1.83. The van der Waals surface area contributed by atoms with Crippen molar-refractivity contribution in [2.24, 2.45) is 0 Å². The fourth-order valence-electron chi connectivity index (χ4n) is 0.821. The number of hydrogen-bond acceptors (Lipinski definition) is 2. The van der Waals surface area contributed by atoms with Crippen LogP contribution in [0.2, 0.25) is 0 Å². The number of carbonyl (C=O) groups is 1. The van der Waals surface area contributed by atoms with Crippen molar-refractivity contribution >= 4 is 12.0 Å². The highest BCUT2D eigenvalue weighted by atomic mass is 16.5. The van der Waals surface area contributed by atoms with Gasteiger partial charge in [0.15, 0.2) is 0 Å². The van der Waals surface area contributed by atoms with Gasteiger partial charge in [-0.2, -0.15) is 0 Å². The van der Waals surface area contributed by atoms with Gasteiger partial charge in [-0.15, -0.1) is 0 Å². The molecule has 0 aliphatic carbocycles. The highest BCUT2D eigenvalue weighted by Crippen LogP contribution is 1.97. The van der Waals surface area contributed by atoms with Crippen molar-refractivity contribution in [2.75, 3.05) is 6.61 Å². The van der Waals surface area contributed by atoms with E-state index in [9.17, 15) is 4.79 Å². The SMILES string of the molecule is C=Cc1ccccc1.[CH2]CCOC(=O)C=C. The second-order valence-electron chi connectivity index (χ2n) is 2.84. The maximum Gasteiger partial charge on any atom is 0.330 e. The summed E-state index contributed by atoms with van der Waals surface area (Å²) < 4.78 is 4.52. The van der Waals surface area contributed by atoms with Crippen LogP contribution in [0.5, 0.6) is 0 Å². The molecule has 0 spiro atoms. The molecule has 0 saturated heterocycles. The number of rotatable bonds is 4. The van der Waals surface area contributed by atoms with Crippen LogP contribution in [-0.2, 0) is 9.53 Å². The van der Waals surface area contributed by atoms with Crippen LogP contribution in [0.1, 0.15) is 12.0 Å². The van der Waals surface area contributed by atoms with Crippen molar-refractivity contribution in [3.05, 3.63) is 62.1 Å². The van der Waals surface area contributed by atoms with E-state index in [2.05, 4.69) is 24.8 Å². The molecule has 16 heavy (non-hydrogen) atoms. The number of esters is 1. The Labute approximate surface area is 97.3 Å². The first-order chi connectivity index (χ1) is 7.74. The zero-order valence-corrected chi connectivity index (χ0v) is 9.39. The zero-order valence-electron chi connectivity index (χ0n) is 9.39. The third-order valence-electron chi connectivity index (χ3n) is 1.59. The van der Waals surface area contributed by atoms with Crippen LogP contribution >= 0.6 is 0 Å². The maximum absolute atomic E-state index is 10.2. The van der Waals surface area contributed by atoms with Gasteiger partial charge in [0.1, 0.15) is 0 Å². The highest BCUT2D eigenvalue weighted by molar-refractivity contribution is 5.81. The van der Waals surface area contributed by atoms with Crippen LogP contribution in [0, 0.1) is 6.92 Å². The summed E-state index contributed by atoms with van der Waals surface area (Å²) in [5.41, 5.74) is 1.17. The van der Waals surface area contributed by atoms with Crippen molar-refractivity contribution in [3.8, 4) is 0 Å². The van der Waals surface area contributed by atoms with Gasteiger partial charge in [-0.1, -0.05) is 49.6 Å². The minimum absolute atomic E-state index is 0.380. The summed E-state index contributed by atoms with van der Waals surface area (Å²) in [7, 11) is 0. The van der Waals surface area contributed by atoms with Gasteiger partial charge in [0.25, 0.3) is 0 Å². The van der Waals surface area contributed by atoms with Gasteiger partial charge in [0.2, 0.25) is 0 Å². The Balaban J connectivity index is 0.000000281. The predicted molar refractivity (Wildman–Crippen MR) is 67.7 cm³/mol. The molecule has 0 aliphatic rings. The van der Waals surface area contributed by atoms with E-state index in [1.165, 1.54) is 5.56 Å². The average molecular weight is 217 g/mol. The number of ether oxygens (including phenoxy) is 1. The third kappa shape index (κ3) is 7.56. The van der Waals surface area contributed by atoms with E-state index in [1.54, 1.807) is 0 Å². The molecule has 1 aromatic rings. The molecular formula is C14H17O2. The van der Waals surface area contributed by atoms with Crippen LogP contribution in [0.15, 0.2) is 49.6 Å². The lowest BCUT2D eigenvalue weighted by Crippen LogP contribution is -1.99. The molecule has 0 aliphatic heterocycles. The number of hydrogen-bond donors (Lipinski definition) is 0. The summed E-state index contributed by atoms with van der Waals surface area (Å²) in [4.78, 5) is 10.2. The van der Waals surface area contributed by atoms with Crippen molar-refractivity contribution in [1.29, 1.82) is 0 Å². The molecule has 0 amide bonds. The number of carbonyl (C=O) groups excluding carboxylic acids is 1. The molecule has 0 heterocycles. The molecule has 0 atom stereocenters. The van der Waals surface area contributed by atoms with Crippen molar-refractivity contribution < 1.29 is 9.53 Å². The molecule has 1 aromatic carbocycles. The van der Waals surface area contributed by atoms with Gasteiger partial charge in [0, 0.05) is 6.08 Å². The van der Waals surface area contributed by atoms with E-state index in [0.29, 0.717) is 13.0 Å². The molecule has 0 N–H and O–H groups in total. The van der Waals surface area contributed by atoms with Crippen molar-refractivity contribution in [3.63, 3.8) is 0 Å². The molecule has 0 unspecified atom stereocenters. The molecule has 0 bridgehead atoms. The largest absolute Gasteiger partial charge is 0.463 e. The molecule has 1 rings (SSSR count). The van der Waals surface area contributed by atoms with E-state index in [-0.39, 0.29) is 5.97 Å². The minimum atomic E-state index is -0.381. The topological polar surface area (TPSA) is 26.3 Å². The van der Waals surface area contributed by atoms with Crippen molar-refractivity contribution in [2.45, 2.75) is 6.42 Å². The Bertz CT molecular complexity index is 315. The predicted octanol–water partition coefficient (Wildman–Crippen LogP) is 3.27. The fraction of sp³-hybridized carbons (Fsp3) is 0.143. The minimum Gasteiger partial charge on any atom is -0.463 e. The Kier molecular flexibility index (Phi) is 8.60. The molecule has 2 nitrogen and oxygen atoms in total. The van der Waals surface area contributed by atoms with Gasteiger partial charge in [-0.25, -0.2) is 4.79 Å². The fourth-order valence-corrected chi connectivity index (χ4v) is 0.821. The molecule has 0 saturated carbocycles. The quantitative estimate of drug-likeness (QED) is 0.571. The summed E-state index contributed by atoms with van der Waals surface area (Å²) in [5, 5.41) is 0. The lowest BCUT2D eigenvalue weighted by atomic mass is 10.2. The lowest BCUT2D eigenvalue weighted by Gasteiger charge is -1.94. The Morgan fingerprint density at radius 3 is 2.25 bits per heavy atom. The molecule has 1 radical (unpaired) electrons. The zero-order chi connectivity index (χ0) is 12.2. The average Bonchev–Trinajstić information content (AvgIpc) is 2.37. The second-order valence-corrected chi connectivity index (χ2v) is 2.84. The maximum atomic E-state index is 10.2. The van der Waals surface area contributed by atoms with Crippen LogP contribution < -0.4 is 0 Å². The second kappa shape index (κ2) is 9.71. The molecule has 0 aromatic heterocycles. The normalized spacial score (nSPS) is 8.31. The van der Waals surface area contributed by atoms with Crippen LogP contribution in [0.25, 0.3) is 6.08 Å². The van der Waals surface area contributed by atoms with Gasteiger partial charge in [-0.3, -0.25) is 0 Å². The standard InChI is InChI=1S/C8H8.C6H9O2/c1-2-8-6-4-3-5-7-8;1-3-5-8-6(7)4-2/h2-7H,1H2;4H,1-3,5H2. The molecular weight excluding hydrogens is 200 g/mol. The monoisotopic (exact) mass is 217 g/mol. The van der Waals surface area contributed by atoms with E-state index in [1.807, 2.05) is 36.4 Å².